The molecule has 1 rings (SSSR count). The first kappa shape index (κ1) is 35.1. The zero-order chi connectivity index (χ0) is 28.6. The van der Waals surface area contributed by atoms with E-state index in [4.69, 9.17) is 4.84 Å². The first-order chi connectivity index (χ1) is 19.0. The van der Waals surface area contributed by atoms with Gasteiger partial charge < -0.3 is 9.74 Å². The number of amides is 3. The Balaban J connectivity index is 2.32. The highest BCUT2D eigenvalue weighted by Crippen LogP contribution is 2.15. The lowest BCUT2D eigenvalue weighted by Crippen LogP contribution is -2.35. The molecule has 3 amide bonds. The van der Waals surface area contributed by atoms with E-state index in [1.54, 1.807) is 0 Å². The second kappa shape index (κ2) is 23.9. The molecule has 0 saturated carbocycles. The van der Waals surface area contributed by atoms with Gasteiger partial charge in [-0.1, -0.05) is 129 Å². The lowest BCUT2D eigenvalue weighted by Gasteiger charge is -2.23. The predicted octanol–water partition coefficient (Wildman–Crippen LogP) is 8.04. The molecule has 0 radical (unpaired) electrons. The lowest BCUT2D eigenvalue weighted by atomic mass is 10.1. The smallest absolute Gasteiger partial charge is 0.333 e. The number of nitrogens with zero attached hydrogens (tertiary/aromatic N) is 2. The molecule has 1 aliphatic heterocycles. The Morgan fingerprint density at radius 1 is 0.590 bits per heavy atom. The number of carbonyl (C=O) groups is 4. The summed E-state index contributed by atoms with van der Waals surface area (Å²) in [5.74, 6) is -1.74. The summed E-state index contributed by atoms with van der Waals surface area (Å²) in [4.78, 5) is 55.3. The molecule has 1 fully saturated rings. The molecule has 0 aromatic rings. The van der Waals surface area contributed by atoms with Gasteiger partial charge in [-0.15, -0.1) is 5.06 Å². The van der Waals surface area contributed by atoms with Gasteiger partial charge in [-0.2, -0.15) is 0 Å². The molecule has 1 heterocycles. The van der Waals surface area contributed by atoms with Crippen molar-refractivity contribution in [3.63, 3.8) is 0 Å². The molecule has 39 heavy (non-hydrogen) atoms. The van der Waals surface area contributed by atoms with E-state index < -0.39 is 17.8 Å². The van der Waals surface area contributed by atoms with Crippen LogP contribution in [0.5, 0.6) is 0 Å². The minimum atomic E-state index is -0.704. The Labute approximate surface area is 238 Å². The van der Waals surface area contributed by atoms with E-state index in [0.717, 1.165) is 38.8 Å². The maximum absolute atomic E-state index is 13.0. The third-order valence-corrected chi connectivity index (χ3v) is 7.66. The SMILES string of the molecule is CCCCCCCCCCCCN(CCCCCCCCCCCC)C(=O)CCC(=O)ON1C(=O)CCC1=O. The second-order valence-corrected chi connectivity index (χ2v) is 11.3. The van der Waals surface area contributed by atoms with Crippen LogP contribution in [0.25, 0.3) is 0 Å². The first-order valence-corrected chi connectivity index (χ1v) is 16.3. The minimum Gasteiger partial charge on any atom is -0.343 e. The molecule has 7 heteroatoms. The van der Waals surface area contributed by atoms with Crippen LogP contribution in [-0.4, -0.2) is 46.7 Å². The fourth-order valence-electron chi connectivity index (χ4n) is 5.11. The van der Waals surface area contributed by atoms with E-state index in [9.17, 15) is 19.2 Å². The number of unbranched alkanes of at least 4 members (excludes halogenated alkanes) is 18. The normalized spacial score (nSPS) is 13.3. The van der Waals surface area contributed by atoms with Gasteiger partial charge >= 0.3 is 5.97 Å². The zero-order valence-electron chi connectivity index (χ0n) is 25.3. The number of rotatable bonds is 26. The van der Waals surface area contributed by atoms with Gasteiger partial charge in [0.15, 0.2) is 0 Å². The molecular weight excluding hydrogens is 492 g/mol. The maximum Gasteiger partial charge on any atom is 0.333 e. The summed E-state index contributed by atoms with van der Waals surface area (Å²) in [7, 11) is 0. The quantitative estimate of drug-likeness (QED) is 0.0803. The molecule has 0 unspecified atom stereocenters. The van der Waals surface area contributed by atoms with Gasteiger partial charge in [0.2, 0.25) is 5.91 Å². The van der Waals surface area contributed by atoms with E-state index in [2.05, 4.69) is 13.8 Å². The third-order valence-electron chi connectivity index (χ3n) is 7.66. The highest BCUT2D eigenvalue weighted by Gasteiger charge is 2.32. The number of hydrogen-bond acceptors (Lipinski definition) is 5. The molecule has 226 valence electrons. The zero-order valence-corrected chi connectivity index (χ0v) is 25.3. The van der Waals surface area contributed by atoms with Gasteiger partial charge in [0.05, 0.1) is 6.42 Å². The largest absolute Gasteiger partial charge is 0.343 e. The van der Waals surface area contributed by atoms with Gasteiger partial charge in [0.25, 0.3) is 11.8 Å². The summed E-state index contributed by atoms with van der Waals surface area (Å²) >= 11 is 0. The highest BCUT2D eigenvalue weighted by molar-refractivity contribution is 6.01. The molecule has 1 saturated heterocycles. The van der Waals surface area contributed by atoms with Crippen LogP contribution in [-0.2, 0) is 24.0 Å². The number of hydrogen-bond donors (Lipinski definition) is 0. The fraction of sp³-hybridized carbons (Fsp3) is 0.875. The van der Waals surface area contributed by atoms with Crippen LogP contribution in [0.4, 0.5) is 0 Å². The number of imide groups is 1. The Kier molecular flexibility index (Phi) is 21.5. The van der Waals surface area contributed by atoms with Crippen molar-refractivity contribution >= 4 is 23.7 Å². The van der Waals surface area contributed by atoms with E-state index >= 15 is 0 Å². The summed E-state index contributed by atoms with van der Waals surface area (Å²) in [6.07, 6.45) is 25.1. The van der Waals surface area contributed by atoms with Crippen LogP contribution in [0.3, 0.4) is 0 Å². The van der Waals surface area contributed by atoms with Crippen molar-refractivity contribution in [3.05, 3.63) is 0 Å². The van der Waals surface area contributed by atoms with Gasteiger partial charge in [-0.3, -0.25) is 14.4 Å². The van der Waals surface area contributed by atoms with Crippen LogP contribution in [0, 0.1) is 0 Å². The lowest BCUT2D eigenvalue weighted by molar-refractivity contribution is -0.197. The van der Waals surface area contributed by atoms with Gasteiger partial charge in [0.1, 0.15) is 0 Å². The predicted molar refractivity (Wildman–Crippen MR) is 157 cm³/mol. The first-order valence-electron chi connectivity index (χ1n) is 16.3. The average molecular weight is 551 g/mol. The molecule has 0 aromatic carbocycles. The Bertz CT molecular complexity index is 641. The average Bonchev–Trinajstić information content (AvgIpc) is 3.24. The third kappa shape index (κ3) is 18.1. The highest BCUT2D eigenvalue weighted by atomic mass is 16.7. The Hall–Kier alpha value is -1.92. The topological polar surface area (TPSA) is 84.0 Å². The molecule has 0 aliphatic carbocycles. The molecule has 1 aliphatic rings. The molecule has 0 bridgehead atoms. The molecule has 7 nitrogen and oxygen atoms in total. The monoisotopic (exact) mass is 550 g/mol. The van der Waals surface area contributed by atoms with Crippen LogP contribution in [0.15, 0.2) is 0 Å². The Morgan fingerprint density at radius 3 is 1.33 bits per heavy atom. The molecule has 0 aromatic heterocycles. The van der Waals surface area contributed by atoms with Crippen molar-refractivity contribution in [3.8, 4) is 0 Å². The van der Waals surface area contributed by atoms with E-state index in [1.165, 1.54) is 103 Å². The molecule has 0 spiro atoms. The summed E-state index contributed by atoms with van der Waals surface area (Å²) in [5.41, 5.74) is 0. The van der Waals surface area contributed by atoms with Crippen molar-refractivity contribution in [1.82, 2.24) is 9.96 Å². The molecule has 0 atom stereocenters. The summed E-state index contributed by atoms with van der Waals surface area (Å²) < 4.78 is 0. The molecule has 0 N–H and O–H groups in total. The van der Waals surface area contributed by atoms with Crippen LogP contribution in [0.2, 0.25) is 0 Å². The van der Waals surface area contributed by atoms with E-state index in [1.807, 2.05) is 4.90 Å². The number of carbonyl (C=O) groups excluding carboxylic acids is 4. The van der Waals surface area contributed by atoms with Crippen molar-refractivity contribution in [2.45, 2.75) is 168 Å². The summed E-state index contributed by atoms with van der Waals surface area (Å²) in [6.45, 7) is 5.94. The van der Waals surface area contributed by atoms with Crippen molar-refractivity contribution in [2.75, 3.05) is 13.1 Å². The number of hydroxylamine groups is 2. The standard InChI is InChI=1S/C32H58N2O5/c1-3-5-7-9-11-13-15-17-19-21-27-33(28-22-20-18-16-14-12-10-8-6-4-2)29(35)25-26-32(38)39-34-30(36)23-24-31(34)37/h3-28H2,1-2H3. The molecular formula is C32H58N2O5. The second-order valence-electron chi connectivity index (χ2n) is 11.3. The summed E-state index contributed by atoms with van der Waals surface area (Å²) in [5, 5.41) is 0.554. The minimum absolute atomic E-state index is 0.0436. The van der Waals surface area contributed by atoms with Gasteiger partial charge in [-0.05, 0) is 12.8 Å². The maximum atomic E-state index is 13.0. The van der Waals surface area contributed by atoms with Gasteiger partial charge in [0, 0.05) is 32.4 Å². The van der Waals surface area contributed by atoms with E-state index in [0.29, 0.717) is 5.06 Å². The van der Waals surface area contributed by atoms with Crippen LogP contribution < -0.4 is 0 Å². The van der Waals surface area contributed by atoms with Crippen LogP contribution >= 0.6 is 0 Å². The fourth-order valence-corrected chi connectivity index (χ4v) is 5.11. The van der Waals surface area contributed by atoms with Crippen LogP contribution in [0.1, 0.15) is 168 Å². The van der Waals surface area contributed by atoms with E-state index in [-0.39, 0.29) is 31.6 Å². The van der Waals surface area contributed by atoms with Gasteiger partial charge in [-0.25, -0.2) is 4.79 Å². The summed E-state index contributed by atoms with van der Waals surface area (Å²) in [6, 6.07) is 0. The van der Waals surface area contributed by atoms with Crippen molar-refractivity contribution in [1.29, 1.82) is 0 Å². The Morgan fingerprint density at radius 2 is 0.949 bits per heavy atom. The van der Waals surface area contributed by atoms with Crippen molar-refractivity contribution in [2.24, 2.45) is 0 Å². The van der Waals surface area contributed by atoms with Crippen molar-refractivity contribution < 1.29 is 24.0 Å².